The van der Waals surface area contributed by atoms with Gasteiger partial charge in [-0.1, -0.05) is 0 Å². The van der Waals surface area contributed by atoms with Crippen molar-refractivity contribution in [1.29, 1.82) is 0 Å². The van der Waals surface area contributed by atoms with Gasteiger partial charge < -0.3 is 14.8 Å². The summed E-state index contributed by atoms with van der Waals surface area (Å²) in [4.78, 5) is 10.7. The van der Waals surface area contributed by atoms with Gasteiger partial charge in [0.05, 0.1) is 13.2 Å². The molecule has 0 aliphatic rings. The summed E-state index contributed by atoms with van der Waals surface area (Å²) in [6, 6.07) is 0. The molecule has 0 aromatic heterocycles. The van der Waals surface area contributed by atoms with Crippen LogP contribution in [-0.4, -0.2) is 39.9 Å². The summed E-state index contributed by atoms with van der Waals surface area (Å²) in [5, 5.41) is 2.70. The maximum atomic E-state index is 10.7. The van der Waals surface area contributed by atoms with E-state index in [2.05, 4.69) is 5.32 Å². The van der Waals surface area contributed by atoms with Crippen molar-refractivity contribution in [1.82, 2.24) is 5.32 Å². The summed E-state index contributed by atoms with van der Waals surface area (Å²) in [7, 11) is 3.33. The molecule has 0 saturated heterocycles. The second kappa shape index (κ2) is 7.50. The molecule has 0 saturated carbocycles. The van der Waals surface area contributed by atoms with Crippen LogP contribution in [0.4, 0.5) is 0 Å². The second-order valence-corrected chi connectivity index (χ2v) is 2.10. The lowest BCUT2D eigenvalue weighted by atomic mass is 10.5. The van der Waals surface area contributed by atoms with E-state index in [4.69, 9.17) is 9.47 Å². The molecule has 0 bridgehead atoms. The van der Waals surface area contributed by atoms with Crippen LogP contribution < -0.4 is 5.32 Å². The van der Waals surface area contributed by atoms with Gasteiger partial charge in [0.15, 0.2) is 0 Å². The molecule has 0 atom stereocenters. The zero-order chi connectivity index (χ0) is 8.53. The minimum absolute atomic E-state index is 0.219. The number of rotatable bonds is 6. The van der Waals surface area contributed by atoms with Gasteiger partial charge in [0, 0.05) is 20.1 Å². The van der Waals surface area contributed by atoms with Gasteiger partial charge in [0.1, 0.15) is 0 Å². The molecule has 0 spiro atoms. The van der Waals surface area contributed by atoms with E-state index in [1.165, 1.54) is 0 Å². The highest BCUT2D eigenvalue weighted by atomic mass is 16.5. The van der Waals surface area contributed by atoms with Crippen molar-refractivity contribution in [2.24, 2.45) is 0 Å². The molecule has 0 fully saturated rings. The molecule has 11 heavy (non-hydrogen) atoms. The quantitative estimate of drug-likeness (QED) is 0.432. The first-order chi connectivity index (χ1) is 5.31. The molecule has 1 N–H and O–H groups in total. The summed E-state index contributed by atoms with van der Waals surface area (Å²) in [5.74, 6) is -0.219. The Morgan fingerprint density at radius 2 is 2.18 bits per heavy atom. The first-order valence-electron chi connectivity index (χ1n) is 3.60. The van der Waals surface area contributed by atoms with Crippen LogP contribution in [0.15, 0.2) is 0 Å². The number of nitrogens with one attached hydrogen (secondary N) is 1. The Morgan fingerprint density at radius 1 is 1.45 bits per heavy atom. The van der Waals surface area contributed by atoms with Crippen molar-refractivity contribution in [3.05, 3.63) is 0 Å². The number of hydrogen-bond acceptors (Lipinski definition) is 4. The third-order valence-electron chi connectivity index (χ3n) is 1.08. The van der Waals surface area contributed by atoms with Gasteiger partial charge >= 0.3 is 5.97 Å². The Kier molecular flexibility index (Phi) is 7.08. The lowest BCUT2D eigenvalue weighted by Gasteiger charge is -2.02. The summed E-state index contributed by atoms with van der Waals surface area (Å²) in [6.07, 6.45) is 0.756. The lowest BCUT2D eigenvalue weighted by molar-refractivity contribution is -0.142. The van der Waals surface area contributed by atoms with E-state index in [-0.39, 0.29) is 12.5 Å². The minimum Gasteiger partial charge on any atom is -0.465 e. The average molecular weight is 161 g/mol. The molecule has 0 unspecified atom stereocenters. The Morgan fingerprint density at radius 3 is 2.73 bits per heavy atom. The van der Waals surface area contributed by atoms with Gasteiger partial charge in [-0.2, -0.15) is 0 Å². The van der Waals surface area contributed by atoms with E-state index >= 15 is 0 Å². The van der Waals surface area contributed by atoms with E-state index in [0.29, 0.717) is 13.2 Å². The zero-order valence-corrected chi connectivity index (χ0v) is 7.05. The van der Waals surface area contributed by atoms with Gasteiger partial charge in [0.2, 0.25) is 0 Å². The monoisotopic (exact) mass is 161 g/mol. The largest absolute Gasteiger partial charge is 0.465 e. The highest BCUT2D eigenvalue weighted by Gasteiger charge is 1.98. The third kappa shape index (κ3) is 7.29. The standard InChI is InChI=1S/C7H15NO3/c1-8-6-7(9)11-5-3-4-10-2/h8H,3-6H2,1-2H3. The fourth-order valence-corrected chi connectivity index (χ4v) is 0.585. The summed E-state index contributed by atoms with van der Waals surface area (Å²) in [5.41, 5.74) is 0. The number of ether oxygens (including phenoxy) is 2. The second-order valence-electron chi connectivity index (χ2n) is 2.10. The molecule has 0 heterocycles. The number of esters is 1. The molecular formula is C7H15NO3. The van der Waals surface area contributed by atoms with Crippen molar-refractivity contribution in [3.63, 3.8) is 0 Å². The third-order valence-corrected chi connectivity index (χ3v) is 1.08. The normalized spacial score (nSPS) is 9.64. The van der Waals surface area contributed by atoms with E-state index in [0.717, 1.165) is 6.42 Å². The number of carbonyl (C=O) groups excluding carboxylic acids is 1. The first kappa shape index (κ1) is 10.4. The molecule has 66 valence electrons. The molecule has 0 aliphatic heterocycles. The maximum Gasteiger partial charge on any atom is 0.319 e. The van der Waals surface area contributed by atoms with Gasteiger partial charge in [-0.25, -0.2) is 0 Å². The van der Waals surface area contributed by atoms with E-state index in [1.54, 1.807) is 14.2 Å². The van der Waals surface area contributed by atoms with Crippen LogP contribution >= 0.6 is 0 Å². The minimum atomic E-state index is -0.219. The Hall–Kier alpha value is -0.610. The SMILES string of the molecule is CNCC(=O)OCCCOC. The highest BCUT2D eigenvalue weighted by Crippen LogP contribution is 1.83. The van der Waals surface area contributed by atoms with Crippen LogP contribution in [0.2, 0.25) is 0 Å². The maximum absolute atomic E-state index is 10.7. The van der Waals surface area contributed by atoms with Crippen LogP contribution in [-0.2, 0) is 14.3 Å². The molecule has 0 amide bonds. The molecular weight excluding hydrogens is 146 g/mol. The zero-order valence-electron chi connectivity index (χ0n) is 7.05. The molecule has 0 radical (unpaired) electrons. The fraction of sp³-hybridized carbons (Fsp3) is 0.857. The first-order valence-corrected chi connectivity index (χ1v) is 3.60. The Bertz CT molecular complexity index is 106. The summed E-state index contributed by atoms with van der Waals surface area (Å²) >= 11 is 0. The topological polar surface area (TPSA) is 47.6 Å². The van der Waals surface area contributed by atoms with E-state index < -0.39 is 0 Å². The van der Waals surface area contributed by atoms with Gasteiger partial charge in [-0.3, -0.25) is 4.79 Å². The van der Waals surface area contributed by atoms with Crippen molar-refractivity contribution in [2.45, 2.75) is 6.42 Å². The fourth-order valence-electron chi connectivity index (χ4n) is 0.585. The number of methoxy groups -OCH3 is 1. The summed E-state index contributed by atoms with van der Waals surface area (Å²) in [6.45, 7) is 1.34. The van der Waals surface area contributed by atoms with Gasteiger partial charge in [0.25, 0.3) is 0 Å². The molecule has 4 heteroatoms. The Balaban J connectivity index is 3.04. The highest BCUT2D eigenvalue weighted by molar-refractivity contribution is 5.71. The van der Waals surface area contributed by atoms with Gasteiger partial charge in [-0.15, -0.1) is 0 Å². The molecule has 4 nitrogen and oxygen atoms in total. The molecule has 0 rings (SSSR count). The average Bonchev–Trinajstić information content (AvgIpc) is 1.99. The van der Waals surface area contributed by atoms with Crippen LogP contribution in [0.5, 0.6) is 0 Å². The van der Waals surface area contributed by atoms with Crippen molar-refractivity contribution < 1.29 is 14.3 Å². The number of hydrogen-bond donors (Lipinski definition) is 1. The van der Waals surface area contributed by atoms with Crippen molar-refractivity contribution in [2.75, 3.05) is 33.9 Å². The Labute approximate surface area is 66.9 Å². The van der Waals surface area contributed by atoms with Crippen molar-refractivity contribution in [3.8, 4) is 0 Å². The lowest BCUT2D eigenvalue weighted by Crippen LogP contribution is -2.21. The molecule has 0 aliphatic carbocycles. The van der Waals surface area contributed by atoms with Gasteiger partial charge in [-0.05, 0) is 7.05 Å². The summed E-state index contributed by atoms with van der Waals surface area (Å²) < 4.78 is 9.58. The van der Waals surface area contributed by atoms with Crippen LogP contribution in [0.3, 0.4) is 0 Å². The van der Waals surface area contributed by atoms with Crippen molar-refractivity contribution >= 4 is 5.97 Å². The van der Waals surface area contributed by atoms with Crippen LogP contribution in [0.25, 0.3) is 0 Å². The van der Waals surface area contributed by atoms with E-state index in [1.807, 2.05) is 0 Å². The smallest absolute Gasteiger partial charge is 0.319 e. The molecule has 0 aromatic rings. The molecule has 0 aromatic carbocycles. The van der Waals surface area contributed by atoms with Crippen LogP contribution in [0.1, 0.15) is 6.42 Å². The number of likely N-dealkylation sites (N-methyl/N-ethyl adjacent to an activating group) is 1. The van der Waals surface area contributed by atoms with E-state index in [9.17, 15) is 4.79 Å². The predicted molar refractivity (Wildman–Crippen MR) is 41.4 cm³/mol. The van der Waals surface area contributed by atoms with Crippen LogP contribution in [0, 0.1) is 0 Å². The number of carbonyl (C=O) groups is 1. The predicted octanol–water partition coefficient (Wildman–Crippen LogP) is -0.215.